The van der Waals surface area contributed by atoms with E-state index in [1.54, 1.807) is 56.6 Å². The first-order valence-corrected chi connectivity index (χ1v) is 8.81. The summed E-state index contributed by atoms with van der Waals surface area (Å²) in [5.74, 6) is -0.807. The van der Waals surface area contributed by atoms with Gasteiger partial charge in [0, 0.05) is 18.0 Å². The van der Waals surface area contributed by atoms with Crippen LogP contribution in [0.15, 0.2) is 54.9 Å². The molecule has 2 heterocycles. The Bertz CT molecular complexity index is 1210. The summed E-state index contributed by atoms with van der Waals surface area (Å²) in [5, 5.41) is 2.82. The number of carbonyl (C=O) groups excluding carboxylic acids is 1. The first kappa shape index (κ1) is 18.4. The van der Waals surface area contributed by atoms with Crippen LogP contribution < -0.4 is 10.1 Å². The van der Waals surface area contributed by atoms with Gasteiger partial charge in [0.2, 0.25) is 0 Å². The Kier molecular flexibility index (Phi) is 4.82. The van der Waals surface area contributed by atoms with Crippen molar-refractivity contribution >= 4 is 22.6 Å². The second-order valence-electron chi connectivity index (χ2n) is 6.30. The number of hydrogen-bond acceptors (Lipinski definition) is 6. The van der Waals surface area contributed by atoms with Crippen LogP contribution >= 0.6 is 0 Å². The Morgan fingerprint density at radius 1 is 0.966 bits per heavy atom. The van der Waals surface area contributed by atoms with Gasteiger partial charge in [0.1, 0.15) is 0 Å². The minimum atomic E-state index is -0.511. The number of fused-ring (bicyclic) bond motifs is 1. The number of carbonyl (C=O) groups is 1. The third-order valence-corrected chi connectivity index (χ3v) is 4.26. The molecule has 2 aromatic carbocycles. The van der Waals surface area contributed by atoms with Crippen LogP contribution in [-0.2, 0) is 0 Å². The van der Waals surface area contributed by atoms with Crippen LogP contribution in [0.25, 0.3) is 11.0 Å². The van der Waals surface area contributed by atoms with Gasteiger partial charge < -0.3 is 10.1 Å². The second kappa shape index (κ2) is 7.59. The van der Waals surface area contributed by atoms with E-state index in [0.717, 1.165) is 0 Å². The molecule has 0 saturated heterocycles. The van der Waals surface area contributed by atoms with Gasteiger partial charge >= 0.3 is 6.01 Å². The van der Waals surface area contributed by atoms with Crippen molar-refractivity contribution in [2.24, 2.45) is 0 Å². The lowest BCUT2D eigenvalue weighted by atomic mass is 10.1. The highest BCUT2D eigenvalue weighted by molar-refractivity contribution is 6.06. The number of ether oxygens (including phenoxy) is 1. The number of para-hydroxylation sites is 1. The Morgan fingerprint density at radius 3 is 2.38 bits per heavy atom. The highest BCUT2D eigenvalue weighted by Crippen LogP contribution is 2.25. The van der Waals surface area contributed by atoms with Crippen molar-refractivity contribution in [2.45, 2.75) is 13.8 Å². The number of benzene rings is 2. The SMILES string of the molecule is Cc1nc(Oc2ccccc2F)nc(C)c1NC(=O)c1ccc2nccnc2c1. The van der Waals surface area contributed by atoms with Crippen LogP contribution in [0.5, 0.6) is 11.8 Å². The zero-order valence-electron chi connectivity index (χ0n) is 15.7. The molecule has 2 aromatic heterocycles. The summed E-state index contributed by atoms with van der Waals surface area (Å²) < 4.78 is 19.2. The van der Waals surface area contributed by atoms with Gasteiger partial charge in [-0.3, -0.25) is 14.8 Å². The van der Waals surface area contributed by atoms with Gasteiger partial charge in [-0.15, -0.1) is 0 Å². The first-order chi connectivity index (χ1) is 14.0. The van der Waals surface area contributed by atoms with Crippen LogP contribution in [0.1, 0.15) is 21.7 Å². The van der Waals surface area contributed by atoms with E-state index < -0.39 is 5.82 Å². The molecule has 7 nitrogen and oxygen atoms in total. The van der Waals surface area contributed by atoms with Crippen molar-refractivity contribution < 1.29 is 13.9 Å². The molecule has 0 aliphatic rings. The molecule has 0 aliphatic carbocycles. The molecular weight excluding hydrogens is 373 g/mol. The second-order valence-corrected chi connectivity index (χ2v) is 6.30. The molecule has 0 atom stereocenters. The maximum absolute atomic E-state index is 13.8. The fourth-order valence-electron chi connectivity index (χ4n) is 2.83. The van der Waals surface area contributed by atoms with Crippen LogP contribution in [-0.4, -0.2) is 25.8 Å². The molecule has 0 unspecified atom stereocenters. The number of aryl methyl sites for hydroxylation is 2. The molecule has 1 N–H and O–H groups in total. The lowest BCUT2D eigenvalue weighted by Gasteiger charge is -2.13. The van der Waals surface area contributed by atoms with Crippen LogP contribution in [0, 0.1) is 19.7 Å². The molecule has 8 heteroatoms. The van der Waals surface area contributed by atoms with Crippen molar-refractivity contribution in [3.8, 4) is 11.8 Å². The van der Waals surface area contributed by atoms with Crippen molar-refractivity contribution in [3.05, 3.63) is 77.6 Å². The molecule has 29 heavy (non-hydrogen) atoms. The molecule has 4 aromatic rings. The maximum atomic E-state index is 13.8. The van der Waals surface area contributed by atoms with Gasteiger partial charge in [-0.1, -0.05) is 12.1 Å². The molecule has 0 radical (unpaired) electrons. The molecule has 0 saturated carbocycles. The first-order valence-electron chi connectivity index (χ1n) is 8.81. The Hall–Kier alpha value is -3.94. The topological polar surface area (TPSA) is 89.9 Å². The van der Waals surface area contributed by atoms with E-state index >= 15 is 0 Å². The fraction of sp³-hybridized carbons (Fsp3) is 0.0952. The van der Waals surface area contributed by atoms with E-state index in [1.165, 1.54) is 12.1 Å². The van der Waals surface area contributed by atoms with E-state index in [-0.39, 0.29) is 17.7 Å². The zero-order chi connectivity index (χ0) is 20.4. The number of anilines is 1. The predicted molar refractivity (Wildman–Crippen MR) is 105 cm³/mol. The third kappa shape index (κ3) is 3.86. The number of aromatic nitrogens is 4. The van der Waals surface area contributed by atoms with Gasteiger partial charge in [-0.2, -0.15) is 9.97 Å². The molecule has 1 amide bonds. The van der Waals surface area contributed by atoms with E-state index in [2.05, 4.69) is 25.3 Å². The summed E-state index contributed by atoms with van der Waals surface area (Å²) >= 11 is 0. The summed E-state index contributed by atoms with van der Waals surface area (Å²) in [6.07, 6.45) is 3.16. The van der Waals surface area contributed by atoms with Gasteiger partial charge in [-0.25, -0.2) is 4.39 Å². The van der Waals surface area contributed by atoms with Crippen molar-refractivity contribution in [1.82, 2.24) is 19.9 Å². The normalized spacial score (nSPS) is 10.7. The van der Waals surface area contributed by atoms with Crippen molar-refractivity contribution in [1.29, 1.82) is 0 Å². The van der Waals surface area contributed by atoms with Crippen LogP contribution in [0.4, 0.5) is 10.1 Å². The molecule has 0 aliphatic heterocycles. The number of nitrogens with one attached hydrogen (secondary N) is 1. The quantitative estimate of drug-likeness (QED) is 0.562. The van der Waals surface area contributed by atoms with E-state index in [0.29, 0.717) is 33.7 Å². The summed E-state index contributed by atoms with van der Waals surface area (Å²) in [6.45, 7) is 3.43. The summed E-state index contributed by atoms with van der Waals surface area (Å²) in [6, 6.07) is 11.1. The monoisotopic (exact) mass is 389 g/mol. The minimum absolute atomic E-state index is 0.00378. The predicted octanol–water partition coefficient (Wildman–Crippen LogP) is 4.22. The van der Waals surface area contributed by atoms with E-state index in [9.17, 15) is 9.18 Å². The smallest absolute Gasteiger partial charge is 0.322 e. The number of halogens is 1. The standard InChI is InChI=1S/C21H16FN5O2/c1-12-19(13(2)26-21(25-12)29-18-6-4-3-5-15(18)22)27-20(28)14-7-8-16-17(11-14)24-10-9-23-16/h3-11H,1-2H3,(H,27,28). The Morgan fingerprint density at radius 2 is 1.66 bits per heavy atom. The highest BCUT2D eigenvalue weighted by Gasteiger charge is 2.15. The Balaban J connectivity index is 1.58. The number of nitrogens with zero attached hydrogens (tertiary/aromatic N) is 4. The van der Waals surface area contributed by atoms with Crippen LogP contribution in [0.2, 0.25) is 0 Å². The van der Waals surface area contributed by atoms with Gasteiger partial charge in [0.05, 0.1) is 28.1 Å². The van der Waals surface area contributed by atoms with E-state index in [1.807, 2.05) is 0 Å². The van der Waals surface area contributed by atoms with Gasteiger partial charge in [0.25, 0.3) is 5.91 Å². The van der Waals surface area contributed by atoms with Crippen molar-refractivity contribution in [3.63, 3.8) is 0 Å². The summed E-state index contributed by atoms with van der Waals surface area (Å²) in [7, 11) is 0. The maximum Gasteiger partial charge on any atom is 0.322 e. The molecule has 4 rings (SSSR count). The lowest BCUT2D eigenvalue weighted by molar-refractivity contribution is 0.102. The largest absolute Gasteiger partial charge is 0.421 e. The van der Waals surface area contributed by atoms with Gasteiger partial charge in [-0.05, 0) is 44.2 Å². The van der Waals surface area contributed by atoms with E-state index in [4.69, 9.17) is 4.74 Å². The number of amides is 1. The molecule has 0 fully saturated rings. The summed E-state index contributed by atoms with van der Waals surface area (Å²) in [4.78, 5) is 29.5. The average Bonchev–Trinajstić information content (AvgIpc) is 2.72. The molecule has 0 bridgehead atoms. The fourth-order valence-corrected chi connectivity index (χ4v) is 2.83. The number of hydrogen-bond donors (Lipinski definition) is 1. The summed E-state index contributed by atoms with van der Waals surface area (Å²) in [5.41, 5.74) is 3.22. The van der Waals surface area contributed by atoms with Gasteiger partial charge in [0.15, 0.2) is 11.6 Å². The molecule has 0 spiro atoms. The zero-order valence-corrected chi connectivity index (χ0v) is 15.7. The van der Waals surface area contributed by atoms with Crippen molar-refractivity contribution in [2.75, 3.05) is 5.32 Å². The molecule has 144 valence electrons. The highest BCUT2D eigenvalue weighted by atomic mass is 19.1. The average molecular weight is 389 g/mol. The third-order valence-electron chi connectivity index (χ3n) is 4.26. The minimum Gasteiger partial charge on any atom is -0.421 e. The Labute approximate surface area is 165 Å². The number of rotatable bonds is 4. The lowest BCUT2D eigenvalue weighted by Crippen LogP contribution is -2.15. The molecular formula is C21H16FN5O2. The van der Waals surface area contributed by atoms with Crippen LogP contribution in [0.3, 0.4) is 0 Å².